The molecule has 0 aliphatic rings. The second-order valence-corrected chi connectivity index (χ2v) is 4.96. The standard InChI is InChI=1S/3C8H5F/c3*1-2-7-4-3-5-8(9)6-7/h3*1,3-6H. The molecule has 0 nitrogen and oxygen atoms in total. The van der Waals surface area contributed by atoms with Gasteiger partial charge < -0.3 is 0 Å². The number of benzene rings is 3. The summed E-state index contributed by atoms with van der Waals surface area (Å²) in [7, 11) is 0. The van der Waals surface area contributed by atoms with Crippen LogP contribution in [0, 0.1) is 54.5 Å². The molecular formula is C24H15F3. The minimum Gasteiger partial charge on any atom is -0.207 e. The first-order valence-corrected chi connectivity index (χ1v) is 7.65. The molecule has 0 unspecified atom stereocenters. The van der Waals surface area contributed by atoms with E-state index in [9.17, 15) is 13.2 Å². The Morgan fingerprint density at radius 1 is 0.481 bits per heavy atom. The molecule has 0 fully saturated rings. The van der Waals surface area contributed by atoms with E-state index in [0.29, 0.717) is 16.7 Å². The fraction of sp³-hybridized carbons (Fsp3) is 0. The molecular weight excluding hydrogens is 345 g/mol. The molecule has 0 radical (unpaired) electrons. The largest absolute Gasteiger partial charge is 0.207 e. The predicted octanol–water partition coefficient (Wildman–Crippen LogP) is 5.42. The molecule has 0 saturated carbocycles. The van der Waals surface area contributed by atoms with E-state index in [1.54, 1.807) is 36.4 Å². The fourth-order valence-corrected chi connectivity index (χ4v) is 1.73. The van der Waals surface area contributed by atoms with Gasteiger partial charge in [-0.05, 0) is 54.6 Å². The van der Waals surface area contributed by atoms with Crippen LogP contribution >= 0.6 is 0 Å². The van der Waals surface area contributed by atoms with Crippen LogP contribution in [0.25, 0.3) is 0 Å². The van der Waals surface area contributed by atoms with Gasteiger partial charge in [-0.3, -0.25) is 0 Å². The molecule has 0 spiro atoms. The first kappa shape index (κ1) is 21.2. The van der Waals surface area contributed by atoms with Crippen molar-refractivity contribution >= 4 is 0 Å². The Bertz CT molecular complexity index is 867. The van der Waals surface area contributed by atoms with Gasteiger partial charge >= 0.3 is 0 Å². The van der Waals surface area contributed by atoms with Crippen LogP contribution in [0.15, 0.2) is 72.8 Å². The third-order valence-electron chi connectivity index (χ3n) is 2.97. The van der Waals surface area contributed by atoms with E-state index >= 15 is 0 Å². The normalized spacial score (nSPS) is 8.44. The topological polar surface area (TPSA) is 0 Å². The zero-order valence-electron chi connectivity index (χ0n) is 14.3. The highest BCUT2D eigenvalue weighted by molar-refractivity contribution is 5.32. The molecule has 0 bridgehead atoms. The summed E-state index contributed by atoms with van der Waals surface area (Å²) in [4.78, 5) is 0. The second kappa shape index (κ2) is 11.6. The maximum atomic E-state index is 12.3. The molecule has 27 heavy (non-hydrogen) atoms. The van der Waals surface area contributed by atoms with Crippen molar-refractivity contribution in [3.63, 3.8) is 0 Å². The van der Waals surface area contributed by atoms with Gasteiger partial charge in [0, 0.05) is 16.7 Å². The smallest absolute Gasteiger partial charge is 0.124 e. The van der Waals surface area contributed by atoms with Gasteiger partial charge in [-0.15, -0.1) is 19.3 Å². The molecule has 0 heterocycles. The van der Waals surface area contributed by atoms with E-state index in [-0.39, 0.29) is 17.5 Å². The molecule has 0 amide bonds. The van der Waals surface area contributed by atoms with Crippen LogP contribution in [0.2, 0.25) is 0 Å². The SMILES string of the molecule is C#Cc1cccc(F)c1.C#Cc1cccc(F)c1.C#Cc1cccc(F)c1. The van der Waals surface area contributed by atoms with E-state index in [1.165, 1.54) is 36.4 Å². The van der Waals surface area contributed by atoms with Gasteiger partial charge in [-0.25, -0.2) is 13.2 Å². The minimum absolute atomic E-state index is 0.287. The van der Waals surface area contributed by atoms with E-state index in [1.807, 2.05) is 0 Å². The van der Waals surface area contributed by atoms with E-state index < -0.39 is 0 Å². The lowest BCUT2D eigenvalue weighted by Gasteiger charge is -1.87. The van der Waals surface area contributed by atoms with Crippen molar-refractivity contribution in [3.8, 4) is 37.0 Å². The van der Waals surface area contributed by atoms with Crippen LogP contribution in [0.3, 0.4) is 0 Å². The van der Waals surface area contributed by atoms with E-state index in [0.717, 1.165) is 0 Å². The highest BCUT2D eigenvalue weighted by atomic mass is 19.1. The van der Waals surface area contributed by atoms with Crippen molar-refractivity contribution in [1.82, 2.24) is 0 Å². The maximum Gasteiger partial charge on any atom is 0.124 e. The lowest BCUT2D eigenvalue weighted by atomic mass is 10.2. The molecule has 0 saturated heterocycles. The van der Waals surface area contributed by atoms with Gasteiger partial charge in [0.25, 0.3) is 0 Å². The number of hydrogen-bond donors (Lipinski definition) is 0. The minimum atomic E-state index is -0.287. The molecule has 0 aliphatic heterocycles. The third kappa shape index (κ3) is 8.69. The van der Waals surface area contributed by atoms with Gasteiger partial charge in [0.1, 0.15) is 17.5 Å². The monoisotopic (exact) mass is 360 g/mol. The summed E-state index contributed by atoms with van der Waals surface area (Å²) in [6.07, 6.45) is 15.0. The number of rotatable bonds is 0. The van der Waals surface area contributed by atoms with Gasteiger partial charge in [0.2, 0.25) is 0 Å². The lowest BCUT2D eigenvalue weighted by molar-refractivity contribution is 0.627. The predicted molar refractivity (Wildman–Crippen MR) is 103 cm³/mol. The quantitative estimate of drug-likeness (QED) is 0.470. The van der Waals surface area contributed by atoms with Gasteiger partial charge in [0.15, 0.2) is 0 Å². The second-order valence-electron chi connectivity index (χ2n) is 4.96. The summed E-state index contributed by atoms with van der Waals surface area (Å²) < 4.78 is 36.8. The Morgan fingerprint density at radius 2 is 0.741 bits per heavy atom. The summed E-state index contributed by atoms with van der Waals surface area (Å²) in [5, 5.41) is 0. The molecule has 132 valence electrons. The molecule has 3 aromatic carbocycles. The molecule has 0 N–H and O–H groups in total. The molecule has 3 rings (SSSR count). The molecule has 3 aromatic rings. The van der Waals surface area contributed by atoms with E-state index in [2.05, 4.69) is 17.8 Å². The van der Waals surface area contributed by atoms with Crippen LogP contribution in [0.4, 0.5) is 13.2 Å². The highest BCUT2D eigenvalue weighted by Gasteiger charge is 1.88. The zero-order valence-corrected chi connectivity index (χ0v) is 14.3. The third-order valence-corrected chi connectivity index (χ3v) is 2.97. The summed E-state index contributed by atoms with van der Waals surface area (Å²) >= 11 is 0. The van der Waals surface area contributed by atoms with Crippen molar-refractivity contribution in [2.75, 3.05) is 0 Å². The van der Waals surface area contributed by atoms with Crippen molar-refractivity contribution in [1.29, 1.82) is 0 Å². The van der Waals surface area contributed by atoms with Gasteiger partial charge in [-0.1, -0.05) is 36.0 Å². The number of hydrogen-bond acceptors (Lipinski definition) is 0. The van der Waals surface area contributed by atoms with Crippen molar-refractivity contribution in [2.45, 2.75) is 0 Å². The number of halogens is 3. The summed E-state index contributed by atoms with van der Waals surface area (Å²) in [5.74, 6) is 6.12. The summed E-state index contributed by atoms with van der Waals surface area (Å²) in [5.41, 5.74) is 1.74. The van der Waals surface area contributed by atoms with Crippen LogP contribution in [-0.4, -0.2) is 0 Å². The van der Waals surface area contributed by atoms with E-state index in [4.69, 9.17) is 19.3 Å². The molecule has 0 atom stereocenters. The first-order valence-electron chi connectivity index (χ1n) is 7.65. The first-order chi connectivity index (χ1) is 13.0. The van der Waals surface area contributed by atoms with Crippen molar-refractivity contribution < 1.29 is 13.2 Å². The molecule has 0 aromatic heterocycles. The van der Waals surface area contributed by atoms with Crippen molar-refractivity contribution in [2.24, 2.45) is 0 Å². The number of terminal acetylenes is 3. The summed E-state index contributed by atoms with van der Waals surface area (Å²) in [6, 6.07) is 17.9. The Balaban J connectivity index is 0.000000202. The van der Waals surface area contributed by atoms with Crippen LogP contribution in [0.5, 0.6) is 0 Å². The van der Waals surface area contributed by atoms with Crippen molar-refractivity contribution in [3.05, 3.63) is 107 Å². The Hall–Kier alpha value is -3.87. The average molecular weight is 360 g/mol. The fourth-order valence-electron chi connectivity index (χ4n) is 1.73. The zero-order chi connectivity index (χ0) is 20.1. The highest BCUT2D eigenvalue weighted by Crippen LogP contribution is 2.01. The summed E-state index contributed by atoms with van der Waals surface area (Å²) in [6.45, 7) is 0. The Morgan fingerprint density at radius 3 is 0.889 bits per heavy atom. The molecule has 3 heteroatoms. The average Bonchev–Trinajstić information content (AvgIpc) is 2.69. The van der Waals surface area contributed by atoms with Gasteiger partial charge in [-0.2, -0.15) is 0 Å². The van der Waals surface area contributed by atoms with Gasteiger partial charge in [0.05, 0.1) is 0 Å². The van der Waals surface area contributed by atoms with Crippen LogP contribution < -0.4 is 0 Å². The van der Waals surface area contributed by atoms with Crippen LogP contribution in [-0.2, 0) is 0 Å². The Labute approximate surface area is 157 Å². The lowest BCUT2D eigenvalue weighted by Crippen LogP contribution is -1.74. The maximum absolute atomic E-state index is 12.3. The van der Waals surface area contributed by atoms with Crippen LogP contribution in [0.1, 0.15) is 16.7 Å². The molecule has 0 aliphatic carbocycles. The Kier molecular flexibility index (Phi) is 9.13.